The molecule has 0 fully saturated rings. The molecule has 1 aliphatic carbocycles. The van der Waals surface area contributed by atoms with Gasteiger partial charge in [0.1, 0.15) is 0 Å². The number of hydrogen-bond acceptors (Lipinski definition) is 3. The number of rotatable bonds is 6. The van der Waals surface area contributed by atoms with Crippen molar-refractivity contribution in [3.8, 4) is 0 Å². The molecule has 0 saturated heterocycles. The maximum atomic E-state index is 12.6. The van der Waals surface area contributed by atoms with Gasteiger partial charge in [-0.1, -0.05) is 55.5 Å². The Kier molecular flexibility index (Phi) is 5.34. The Hall–Kier alpha value is -2.39. The maximum Gasteiger partial charge on any atom is 0.334 e. The SMILES string of the molecule is CCOC(=O)C1=C(c2ccccc2C(C)COC)c2ccccc2C1. The molecule has 0 aliphatic heterocycles. The van der Waals surface area contributed by atoms with Crippen molar-refractivity contribution in [2.24, 2.45) is 0 Å². The van der Waals surface area contributed by atoms with E-state index >= 15 is 0 Å². The molecule has 3 nitrogen and oxygen atoms in total. The zero-order chi connectivity index (χ0) is 17.8. The van der Waals surface area contributed by atoms with Crippen LogP contribution in [0.25, 0.3) is 5.57 Å². The van der Waals surface area contributed by atoms with E-state index < -0.39 is 0 Å². The Labute approximate surface area is 149 Å². The number of carbonyl (C=O) groups excluding carboxylic acids is 1. The Morgan fingerprint density at radius 1 is 1.08 bits per heavy atom. The van der Waals surface area contributed by atoms with Crippen LogP contribution in [-0.4, -0.2) is 26.3 Å². The first kappa shape index (κ1) is 17.4. The van der Waals surface area contributed by atoms with Crippen molar-refractivity contribution in [3.05, 3.63) is 76.4 Å². The summed E-state index contributed by atoms with van der Waals surface area (Å²) >= 11 is 0. The molecule has 0 spiro atoms. The summed E-state index contributed by atoms with van der Waals surface area (Å²) in [6, 6.07) is 16.5. The summed E-state index contributed by atoms with van der Waals surface area (Å²) in [5.74, 6) is 0.0211. The minimum Gasteiger partial charge on any atom is -0.463 e. The smallest absolute Gasteiger partial charge is 0.334 e. The molecule has 0 radical (unpaired) electrons. The Bertz CT molecular complexity index is 804. The first-order valence-electron chi connectivity index (χ1n) is 8.74. The van der Waals surface area contributed by atoms with Crippen molar-refractivity contribution < 1.29 is 14.3 Å². The van der Waals surface area contributed by atoms with Gasteiger partial charge in [-0.15, -0.1) is 0 Å². The van der Waals surface area contributed by atoms with Crippen LogP contribution in [0.5, 0.6) is 0 Å². The normalized spacial score (nSPS) is 14.4. The van der Waals surface area contributed by atoms with Crippen LogP contribution in [0, 0.1) is 0 Å². The lowest BCUT2D eigenvalue weighted by atomic mass is 9.88. The second-order valence-corrected chi connectivity index (χ2v) is 6.35. The maximum absolute atomic E-state index is 12.6. The number of methoxy groups -OCH3 is 1. The second kappa shape index (κ2) is 7.66. The van der Waals surface area contributed by atoms with E-state index in [9.17, 15) is 4.79 Å². The van der Waals surface area contributed by atoms with Gasteiger partial charge in [0.05, 0.1) is 13.2 Å². The minimum atomic E-state index is -0.220. The molecule has 0 saturated carbocycles. The van der Waals surface area contributed by atoms with E-state index in [1.807, 2.05) is 31.2 Å². The Morgan fingerprint density at radius 3 is 2.48 bits per heavy atom. The molecular formula is C22H24O3. The van der Waals surface area contributed by atoms with Gasteiger partial charge in [-0.05, 0) is 29.2 Å². The van der Waals surface area contributed by atoms with E-state index in [0.29, 0.717) is 19.6 Å². The van der Waals surface area contributed by atoms with Crippen molar-refractivity contribution in [3.63, 3.8) is 0 Å². The monoisotopic (exact) mass is 336 g/mol. The van der Waals surface area contributed by atoms with Gasteiger partial charge < -0.3 is 9.47 Å². The van der Waals surface area contributed by atoms with Crippen LogP contribution in [-0.2, 0) is 20.7 Å². The van der Waals surface area contributed by atoms with E-state index in [2.05, 4.69) is 31.2 Å². The third-order valence-corrected chi connectivity index (χ3v) is 4.66. The van der Waals surface area contributed by atoms with Crippen LogP contribution >= 0.6 is 0 Å². The molecular weight excluding hydrogens is 312 g/mol. The van der Waals surface area contributed by atoms with Crippen LogP contribution in [0.1, 0.15) is 42.0 Å². The summed E-state index contributed by atoms with van der Waals surface area (Å²) in [6.45, 7) is 5.01. The lowest BCUT2D eigenvalue weighted by Gasteiger charge is -2.18. The molecule has 0 N–H and O–H groups in total. The lowest BCUT2D eigenvalue weighted by molar-refractivity contribution is -0.138. The predicted molar refractivity (Wildman–Crippen MR) is 99.5 cm³/mol. The van der Waals surface area contributed by atoms with E-state index in [-0.39, 0.29) is 11.9 Å². The van der Waals surface area contributed by atoms with E-state index in [4.69, 9.17) is 9.47 Å². The van der Waals surface area contributed by atoms with Gasteiger partial charge in [-0.3, -0.25) is 0 Å². The first-order valence-corrected chi connectivity index (χ1v) is 8.74. The zero-order valence-electron chi connectivity index (χ0n) is 15.0. The highest BCUT2D eigenvalue weighted by atomic mass is 16.5. The highest BCUT2D eigenvalue weighted by Crippen LogP contribution is 2.40. The Morgan fingerprint density at radius 2 is 1.76 bits per heavy atom. The van der Waals surface area contributed by atoms with Crippen LogP contribution < -0.4 is 0 Å². The summed E-state index contributed by atoms with van der Waals surface area (Å²) < 4.78 is 10.7. The number of fused-ring (bicyclic) bond motifs is 1. The average molecular weight is 336 g/mol. The van der Waals surface area contributed by atoms with Crippen LogP contribution in [0.2, 0.25) is 0 Å². The van der Waals surface area contributed by atoms with Gasteiger partial charge in [0.2, 0.25) is 0 Å². The van der Waals surface area contributed by atoms with Crippen molar-refractivity contribution in [1.82, 2.24) is 0 Å². The van der Waals surface area contributed by atoms with Crippen molar-refractivity contribution in [2.75, 3.05) is 20.3 Å². The van der Waals surface area contributed by atoms with Crippen LogP contribution in [0.4, 0.5) is 0 Å². The summed E-state index contributed by atoms with van der Waals surface area (Å²) in [4.78, 5) is 12.6. The topological polar surface area (TPSA) is 35.5 Å². The number of ether oxygens (including phenoxy) is 2. The minimum absolute atomic E-state index is 0.220. The highest BCUT2D eigenvalue weighted by Gasteiger charge is 2.29. The molecule has 0 amide bonds. The molecule has 0 aromatic heterocycles. The number of hydrogen-bond donors (Lipinski definition) is 0. The molecule has 1 unspecified atom stereocenters. The van der Waals surface area contributed by atoms with Crippen molar-refractivity contribution in [1.29, 1.82) is 0 Å². The predicted octanol–water partition coefficient (Wildman–Crippen LogP) is 4.36. The van der Waals surface area contributed by atoms with Gasteiger partial charge in [-0.25, -0.2) is 4.79 Å². The standard InChI is InChI=1S/C22H24O3/c1-4-25-22(23)20-13-16-9-5-6-11-18(16)21(20)19-12-8-7-10-17(19)15(2)14-24-3/h5-12,15H,4,13-14H2,1-3H3. The Balaban J connectivity index is 2.17. The summed E-state index contributed by atoms with van der Waals surface area (Å²) in [5.41, 5.74) is 6.35. The van der Waals surface area contributed by atoms with Gasteiger partial charge in [0, 0.05) is 30.6 Å². The van der Waals surface area contributed by atoms with Gasteiger partial charge in [0.25, 0.3) is 0 Å². The molecule has 1 atom stereocenters. The molecule has 25 heavy (non-hydrogen) atoms. The molecule has 3 rings (SSSR count). The molecule has 2 aromatic carbocycles. The van der Waals surface area contributed by atoms with E-state index in [0.717, 1.165) is 22.3 Å². The van der Waals surface area contributed by atoms with Crippen molar-refractivity contribution >= 4 is 11.5 Å². The fraction of sp³-hybridized carbons (Fsp3) is 0.318. The summed E-state index contributed by atoms with van der Waals surface area (Å²) in [5, 5.41) is 0. The van der Waals surface area contributed by atoms with Crippen molar-refractivity contribution in [2.45, 2.75) is 26.2 Å². The number of carbonyl (C=O) groups is 1. The van der Waals surface area contributed by atoms with Gasteiger partial charge >= 0.3 is 5.97 Å². The molecule has 0 bridgehead atoms. The summed E-state index contributed by atoms with van der Waals surface area (Å²) in [6.07, 6.45) is 0.622. The van der Waals surface area contributed by atoms with E-state index in [1.54, 1.807) is 7.11 Å². The largest absolute Gasteiger partial charge is 0.463 e. The average Bonchev–Trinajstić information content (AvgIpc) is 3.01. The quantitative estimate of drug-likeness (QED) is 0.735. The van der Waals surface area contributed by atoms with Crippen LogP contribution in [0.15, 0.2) is 54.1 Å². The lowest BCUT2D eigenvalue weighted by Crippen LogP contribution is -2.10. The highest BCUT2D eigenvalue weighted by molar-refractivity contribution is 6.05. The van der Waals surface area contributed by atoms with E-state index in [1.165, 1.54) is 11.1 Å². The zero-order valence-corrected chi connectivity index (χ0v) is 15.0. The molecule has 2 aromatic rings. The first-order chi connectivity index (χ1) is 12.2. The number of benzene rings is 2. The molecule has 130 valence electrons. The third kappa shape index (κ3) is 3.38. The molecule has 1 aliphatic rings. The summed E-state index contributed by atoms with van der Waals surface area (Å²) in [7, 11) is 1.72. The second-order valence-electron chi connectivity index (χ2n) is 6.35. The fourth-order valence-corrected chi connectivity index (χ4v) is 3.55. The number of esters is 1. The molecule has 0 heterocycles. The van der Waals surface area contributed by atoms with Crippen LogP contribution in [0.3, 0.4) is 0 Å². The molecule has 3 heteroatoms. The fourth-order valence-electron chi connectivity index (χ4n) is 3.55. The third-order valence-electron chi connectivity index (χ3n) is 4.66. The van der Waals surface area contributed by atoms with Gasteiger partial charge in [0.15, 0.2) is 0 Å². The van der Waals surface area contributed by atoms with Gasteiger partial charge in [-0.2, -0.15) is 0 Å².